The van der Waals surface area contributed by atoms with Gasteiger partial charge in [0, 0.05) is 26.8 Å². The predicted octanol–water partition coefficient (Wildman–Crippen LogP) is 2.92. The molecule has 0 aliphatic carbocycles. The quantitative estimate of drug-likeness (QED) is 0.498. The first-order valence-corrected chi connectivity index (χ1v) is 10.9. The molecule has 0 aliphatic heterocycles. The lowest BCUT2D eigenvalue weighted by molar-refractivity contribution is -0.124. The minimum atomic E-state index is -1.03. The maximum atomic E-state index is 13.3. The molecule has 1 amide bonds. The molecule has 1 heterocycles. The number of carbonyl (C=O) groups excluding carboxylic acids is 1. The van der Waals surface area contributed by atoms with Crippen LogP contribution in [-0.2, 0) is 16.1 Å². The molecule has 3 N–H and O–H groups in total. The number of nitrogens with one attached hydrogen (secondary N) is 1. The molecule has 1 aromatic carbocycles. The number of hydrogen-bond acceptors (Lipinski definition) is 6. The summed E-state index contributed by atoms with van der Waals surface area (Å²) in [7, 11) is 1.53. The fraction of sp³-hybridized carbons (Fsp3) is 0.476. The van der Waals surface area contributed by atoms with E-state index in [9.17, 15) is 14.4 Å². The van der Waals surface area contributed by atoms with Crippen LogP contribution >= 0.6 is 23.2 Å². The molecule has 0 aliphatic rings. The van der Waals surface area contributed by atoms with Crippen molar-refractivity contribution in [1.29, 1.82) is 0 Å². The SMILES string of the molecule is COCCCN(C(=O)C(C)Oc1cccc(Cl)c1Cl)c1c(N)n(CC(C)C)c(=O)[nH]c1=O. The zero-order chi connectivity index (χ0) is 24.0. The van der Waals surface area contributed by atoms with Crippen molar-refractivity contribution in [3.8, 4) is 5.75 Å². The van der Waals surface area contributed by atoms with Crippen LogP contribution in [0.15, 0.2) is 27.8 Å². The normalized spacial score (nSPS) is 12.1. The van der Waals surface area contributed by atoms with E-state index in [4.69, 9.17) is 38.4 Å². The van der Waals surface area contributed by atoms with E-state index in [1.165, 1.54) is 23.5 Å². The Kier molecular flexibility index (Phi) is 9.18. The number of hydrogen-bond donors (Lipinski definition) is 2. The van der Waals surface area contributed by atoms with Gasteiger partial charge in [0.2, 0.25) is 0 Å². The fourth-order valence-electron chi connectivity index (χ4n) is 3.12. The summed E-state index contributed by atoms with van der Waals surface area (Å²) < 4.78 is 12.1. The summed E-state index contributed by atoms with van der Waals surface area (Å²) in [6.07, 6.45) is -0.604. The summed E-state index contributed by atoms with van der Waals surface area (Å²) in [4.78, 5) is 41.8. The third kappa shape index (κ3) is 6.05. The molecule has 2 aromatic rings. The number of H-pyrrole nitrogens is 1. The van der Waals surface area contributed by atoms with Gasteiger partial charge >= 0.3 is 5.69 Å². The minimum Gasteiger partial charge on any atom is -0.479 e. The van der Waals surface area contributed by atoms with Gasteiger partial charge < -0.3 is 20.1 Å². The third-order valence-electron chi connectivity index (χ3n) is 4.60. The Morgan fingerprint density at radius 3 is 2.56 bits per heavy atom. The van der Waals surface area contributed by atoms with Crippen LogP contribution in [-0.4, -0.2) is 41.8 Å². The van der Waals surface area contributed by atoms with Crippen molar-refractivity contribution in [2.45, 2.75) is 39.8 Å². The van der Waals surface area contributed by atoms with E-state index in [-0.39, 0.29) is 46.3 Å². The van der Waals surface area contributed by atoms with Crippen molar-refractivity contribution < 1.29 is 14.3 Å². The third-order valence-corrected chi connectivity index (χ3v) is 5.40. The number of methoxy groups -OCH3 is 1. The monoisotopic (exact) mass is 486 g/mol. The summed E-state index contributed by atoms with van der Waals surface area (Å²) in [6, 6.07) is 4.82. The second kappa shape index (κ2) is 11.4. The van der Waals surface area contributed by atoms with Gasteiger partial charge in [-0.05, 0) is 31.4 Å². The minimum absolute atomic E-state index is 0.0821. The van der Waals surface area contributed by atoms with Crippen LogP contribution in [0.1, 0.15) is 27.2 Å². The number of nitrogens with two attached hydrogens (primary N) is 1. The van der Waals surface area contributed by atoms with E-state index in [0.29, 0.717) is 13.0 Å². The highest BCUT2D eigenvalue weighted by atomic mass is 35.5. The van der Waals surface area contributed by atoms with Gasteiger partial charge in [-0.3, -0.25) is 19.1 Å². The van der Waals surface area contributed by atoms with Crippen molar-refractivity contribution in [1.82, 2.24) is 9.55 Å². The molecular formula is C21H28Cl2N4O5. The van der Waals surface area contributed by atoms with Crippen LogP contribution in [0.25, 0.3) is 0 Å². The van der Waals surface area contributed by atoms with Gasteiger partial charge in [0.25, 0.3) is 11.5 Å². The van der Waals surface area contributed by atoms with Gasteiger partial charge in [-0.15, -0.1) is 0 Å². The summed E-state index contributed by atoms with van der Waals surface area (Å²) in [5.41, 5.74) is 4.71. The van der Waals surface area contributed by atoms with Crippen molar-refractivity contribution in [3.05, 3.63) is 49.1 Å². The zero-order valence-corrected chi connectivity index (χ0v) is 20.0. The number of aromatic nitrogens is 2. The summed E-state index contributed by atoms with van der Waals surface area (Å²) in [5, 5.41) is 0.449. The molecule has 1 atom stereocenters. The first kappa shape index (κ1) is 25.8. The Bertz CT molecular complexity index is 1070. The molecule has 2 rings (SSSR count). The molecule has 1 unspecified atom stereocenters. The van der Waals surface area contributed by atoms with E-state index in [1.807, 2.05) is 13.8 Å². The average molecular weight is 487 g/mol. The lowest BCUT2D eigenvalue weighted by atomic mass is 10.2. The van der Waals surface area contributed by atoms with Gasteiger partial charge in [-0.25, -0.2) is 4.79 Å². The first-order valence-electron chi connectivity index (χ1n) is 10.1. The van der Waals surface area contributed by atoms with Gasteiger partial charge in [0.1, 0.15) is 16.6 Å². The maximum absolute atomic E-state index is 13.3. The molecule has 0 spiro atoms. The number of anilines is 2. The molecular weight excluding hydrogens is 459 g/mol. The van der Waals surface area contributed by atoms with Crippen LogP contribution < -0.4 is 26.6 Å². The second-order valence-corrected chi connectivity index (χ2v) is 8.43. The Balaban J connectivity index is 2.47. The Hall–Kier alpha value is -2.49. The molecule has 0 fully saturated rings. The molecule has 0 radical (unpaired) electrons. The Morgan fingerprint density at radius 2 is 1.94 bits per heavy atom. The largest absolute Gasteiger partial charge is 0.479 e. The molecule has 11 heteroatoms. The zero-order valence-electron chi connectivity index (χ0n) is 18.5. The van der Waals surface area contributed by atoms with E-state index >= 15 is 0 Å². The molecule has 0 saturated carbocycles. The smallest absolute Gasteiger partial charge is 0.330 e. The Labute approximate surface area is 196 Å². The van der Waals surface area contributed by atoms with Crippen LogP contribution in [0.5, 0.6) is 5.75 Å². The van der Waals surface area contributed by atoms with Crippen molar-refractivity contribution in [3.63, 3.8) is 0 Å². The van der Waals surface area contributed by atoms with Gasteiger partial charge in [0.05, 0.1) is 5.02 Å². The number of carbonyl (C=O) groups is 1. The lowest BCUT2D eigenvalue weighted by Crippen LogP contribution is -2.46. The van der Waals surface area contributed by atoms with E-state index in [1.54, 1.807) is 18.2 Å². The van der Waals surface area contributed by atoms with Crippen LogP contribution in [0, 0.1) is 5.92 Å². The van der Waals surface area contributed by atoms with E-state index in [2.05, 4.69) is 4.98 Å². The van der Waals surface area contributed by atoms with Crippen molar-refractivity contribution in [2.75, 3.05) is 30.9 Å². The fourth-order valence-corrected chi connectivity index (χ4v) is 3.46. The Morgan fingerprint density at radius 1 is 1.25 bits per heavy atom. The number of nitrogens with zero attached hydrogens (tertiary/aromatic N) is 2. The number of rotatable bonds is 10. The van der Waals surface area contributed by atoms with Gasteiger partial charge in [-0.1, -0.05) is 43.1 Å². The summed E-state index contributed by atoms with van der Waals surface area (Å²) in [6.45, 7) is 6.08. The van der Waals surface area contributed by atoms with Crippen LogP contribution in [0.4, 0.5) is 11.5 Å². The highest BCUT2D eigenvalue weighted by molar-refractivity contribution is 6.42. The van der Waals surface area contributed by atoms with Crippen LogP contribution in [0.2, 0.25) is 10.0 Å². The molecule has 176 valence electrons. The number of ether oxygens (including phenoxy) is 2. The molecule has 32 heavy (non-hydrogen) atoms. The summed E-state index contributed by atoms with van der Waals surface area (Å²) in [5.74, 6) is -0.322. The molecule has 1 aromatic heterocycles. The van der Waals surface area contributed by atoms with Crippen molar-refractivity contribution >= 4 is 40.6 Å². The second-order valence-electron chi connectivity index (χ2n) is 7.65. The number of aromatic amines is 1. The number of nitrogen functional groups attached to an aromatic ring is 1. The summed E-state index contributed by atoms with van der Waals surface area (Å²) >= 11 is 12.2. The predicted molar refractivity (Wildman–Crippen MR) is 126 cm³/mol. The topological polar surface area (TPSA) is 120 Å². The molecule has 0 bridgehead atoms. The molecule has 9 nitrogen and oxygen atoms in total. The lowest BCUT2D eigenvalue weighted by Gasteiger charge is -2.27. The van der Waals surface area contributed by atoms with E-state index in [0.717, 1.165) is 0 Å². The highest BCUT2D eigenvalue weighted by Gasteiger charge is 2.29. The number of benzene rings is 1. The maximum Gasteiger partial charge on any atom is 0.330 e. The van der Waals surface area contributed by atoms with Gasteiger partial charge in [0.15, 0.2) is 11.8 Å². The van der Waals surface area contributed by atoms with Crippen LogP contribution in [0.3, 0.4) is 0 Å². The average Bonchev–Trinajstić information content (AvgIpc) is 2.72. The highest BCUT2D eigenvalue weighted by Crippen LogP contribution is 2.32. The number of halogens is 2. The van der Waals surface area contributed by atoms with Gasteiger partial charge in [-0.2, -0.15) is 0 Å². The van der Waals surface area contributed by atoms with E-state index < -0.39 is 23.3 Å². The first-order chi connectivity index (χ1) is 15.1. The standard InChI is InChI=1S/C21H28Cl2N4O5/c1-12(2)11-27-18(24)17(19(28)25-21(27)30)26(9-6-10-31-4)20(29)13(3)32-15-8-5-7-14(22)16(15)23/h5,7-8,12-13H,6,9-11,24H2,1-4H3,(H,25,28,30). The molecule has 0 saturated heterocycles. The number of amides is 1. The van der Waals surface area contributed by atoms with Crippen molar-refractivity contribution in [2.24, 2.45) is 5.92 Å².